The van der Waals surface area contributed by atoms with E-state index in [-0.39, 0.29) is 0 Å². The van der Waals surface area contributed by atoms with Crippen molar-refractivity contribution in [2.45, 2.75) is 9.79 Å². The summed E-state index contributed by atoms with van der Waals surface area (Å²) in [4.78, 5) is 15.0. The Bertz CT molecular complexity index is 688. The summed E-state index contributed by atoms with van der Waals surface area (Å²) in [6.07, 6.45) is 7.17. The molecular weight excluding hydrogens is 310 g/mol. The third-order valence-corrected chi connectivity index (χ3v) is 3.88. The van der Waals surface area contributed by atoms with Crippen LogP contribution in [0.15, 0.2) is 63.3 Å². The highest BCUT2D eigenvalue weighted by atomic mass is 79.9. The highest BCUT2D eigenvalue weighted by Crippen LogP contribution is 2.31. The summed E-state index contributed by atoms with van der Waals surface area (Å²) in [5.41, 5.74) is 1.81. The molecule has 0 fully saturated rings. The summed E-state index contributed by atoms with van der Waals surface area (Å²) in [5, 5.41) is 0. The molecular formula is C13H8BrN3S. The summed E-state index contributed by atoms with van der Waals surface area (Å²) >= 11 is 5.07. The Balaban J connectivity index is 2.07. The third-order valence-electron chi connectivity index (χ3n) is 2.38. The average Bonchev–Trinajstić information content (AvgIpc) is 2.40. The number of pyridine rings is 3. The molecule has 88 valence electrons. The second-order valence-corrected chi connectivity index (χ2v) is 5.65. The van der Waals surface area contributed by atoms with Crippen LogP contribution in [0.4, 0.5) is 0 Å². The maximum absolute atomic E-state index is 4.43. The minimum Gasteiger partial charge on any atom is -0.265 e. The van der Waals surface area contributed by atoms with Crippen LogP contribution in [0.3, 0.4) is 0 Å². The van der Waals surface area contributed by atoms with Gasteiger partial charge in [-0.15, -0.1) is 0 Å². The Labute approximate surface area is 117 Å². The van der Waals surface area contributed by atoms with E-state index in [9.17, 15) is 0 Å². The minimum atomic E-state index is 0.892. The van der Waals surface area contributed by atoms with Gasteiger partial charge in [-0.25, -0.2) is 0 Å². The topological polar surface area (TPSA) is 38.7 Å². The second-order valence-electron chi connectivity index (χ2n) is 3.62. The Hall–Kier alpha value is -1.46. The fraction of sp³-hybridized carbons (Fsp3) is 0. The number of nitrogens with zero attached hydrogens (tertiary/aromatic N) is 3. The maximum Gasteiger partial charge on any atom is 0.103 e. The number of halogens is 1. The van der Waals surface area contributed by atoms with Crippen molar-refractivity contribution >= 4 is 38.7 Å². The summed E-state index contributed by atoms with van der Waals surface area (Å²) in [6, 6.07) is 7.92. The first kappa shape index (κ1) is 11.6. The van der Waals surface area contributed by atoms with Crippen LogP contribution in [0.1, 0.15) is 0 Å². The summed E-state index contributed by atoms with van der Waals surface area (Å²) < 4.78 is 0.938. The van der Waals surface area contributed by atoms with Crippen molar-refractivity contribution in [1.82, 2.24) is 15.0 Å². The lowest BCUT2D eigenvalue weighted by atomic mass is 10.3. The maximum atomic E-state index is 4.43. The number of hydrogen-bond acceptors (Lipinski definition) is 4. The molecule has 0 unspecified atom stereocenters. The molecule has 3 aromatic rings. The van der Waals surface area contributed by atoms with Gasteiger partial charge in [0.1, 0.15) is 5.52 Å². The Morgan fingerprint density at radius 3 is 2.67 bits per heavy atom. The van der Waals surface area contributed by atoms with Crippen LogP contribution in [0.2, 0.25) is 0 Å². The molecule has 0 radical (unpaired) electrons. The smallest absolute Gasteiger partial charge is 0.103 e. The van der Waals surface area contributed by atoms with E-state index < -0.39 is 0 Å². The van der Waals surface area contributed by atoms with Gasteiger partial charge >= 0.3 is 0 Å². The molecule has 5 heteroatoms. The molecule has 0 aromatic carbocycles. The minimum absolute atomic E-state index is 0.892. The first-order valence-electron chi connectivity index (χ1n) is 5.31. The Kier molecular flexibility index (Phi) is 3.25. The molecule has 3 rings (SSSR count). The van der Waals surface area contributed by atoms with E-state index in [1.54, 1.807) is 36.5 Å². The predicted octanol–water partition coefficient (Wildman–Crippen LogP) is 3.94. The molecule has 0 aliphatic carbocycles. The molecule has 3 aromatic heterocycles. The van der Waals surface area contributed by atoms with Gasteiger partial charge in [0.2, 0.25) is 0 Å². The van der Waals surface area contributed by atoms with Crippen molar-refractivity contribution in [2.75, 3.05) is 0 Å². The Morgan fingerprint density at radius 2 is 1.83 bits per heavy atom. The van der Waals surface area contributed by atoms with Gasteiger partial charge in [0.25, 0.3) is 0 Å². The van der Waals surface area contributed by atoms with Gasteiger partial charge in [0.15, 0.2) is 0 Å². The predicted molar refractivity (Wildman–Crippen MR) is 75.6 cm³/mol. The zero-order valence-electron chi connectivity index (χ0n) is 9.25. The van der Waals surface area contributed by atoms with Crippen LogP contribution >= 0.6 is 27.7 Å². The van der Waals surface area contributed by atoms with Crippen LogP contribution in [0, 0.1) is 0 Å². The van der Waals surface area contributed by atoms with E-state index in [2.05, 4.69) is 30.9 Å². The monoisotopic (exact) mass is 317 g/mol. The SMILES string of the molecule is Brc1cnc2c(Sc3ccncc3)ccnc2c1. The molecule has 0 N–H and O–H groups in total. The summed E-state index contributed by atoms with van der Waals surface area (Å²) in [5.74, 6) is 0. The van der Waals surface area contributed by atoms with Crippen LogP contribution in [0.5, 0.6) is 0 Å². The average molecular weight is 318 g/mol. The highest BCUT2D eigenvalue weighted by Gasteiger charge is 2.05. The number of aromatic nitrogens is 3. The highest BCUT2D eigenvalue weighted by molar-refractivity contribution is 9.10. The molecule has 0 saturated carbocycles. The summed E-state index contributed by atoms with van der Waals surface area (Å²) in [6.45, 7) is 0. The third kappa shape index (κ3) is 2.37. The second kappa shape index (κ2) is 5.04. The van der Waals surface area contributed by atoms with Crippen LogP contribution in [-0.4, -0.2) is 15.0 Å². The zero-order valence-corrected chi connectivity index (χ0v) is 11.6. The van der Waals surface area contributed by atoms with Crippen molar-refractivity contribution in [3.8, 4) is 0 Å². The van der Waals surface area contributed by atoms with Gasteiger partial charge < -0.3 is 0 Å². The van der Waals surface area contributed by atoms with Gasteiger partial charge in [-0.3, -0.25) is 15.0 Å². The number of hydrogen-bond donors (Lipinski definition) is 0. The lowest BCUT2D eigenvalue weighted by Gasteiger charge is -2.04. The van der Waals surface area contributed by atoms with Gasteiger partial charge in [0, 0.05) is 39.1 Å². The zero-order chi connectivity index (χ0) is 12.4. The quantitative estimate of drug-likeness (QED) is 0.717. The molecule has 0 atom stereocenters. The fourth-order valence-electron chi connectivity index (χ4n) is 1.60. The van der Waals surface area contributed by atoms with E-state index in [0.717, 1.165) is 25.3 Å². The normalized spacial score (nSPS) is 10.7. The van der Waals surface area contributed by atoms with Crippen LogP contribution in [-0.2, 0) is 0 Å². The molecule has 0 aliphatic rings. The molecule has 3 nitrogen and oxygen atoms in total. The van der Waals surface area contributed by atoms with E-state index in [4.69, 9.17) is 0 Å². The van der Waals surface area contributed by atoms with Gasteiger partial charge in [-0.05, 0) is 40.2 Å². The lowest BCUT2D eigenvalue weighted by Crippen LogP contribution is -1.86. The van der Waals surface area contributed by atoms with Gasteiger partial charge in [0.05, 0.1) is 5.52 Å². The first-order valence-corrected chi connectivity index (χ1v) is 6.92. The van der Waals surface area contributed by atoms with E-state index in [1.165, 1.54) is 0 Å². The van der Waals surface area contributed by atoms with Gasteiger partial charge in [-0.1, -0.05) is 11.8 Å². The van der Waals surface area contributed by atoms with Crippen LogP contribution < -0.4 is 0 Å². The van der Waals surface area contributed by atoms with Crippen molar-refractivity contribution in [2.24, 2.45) is 0 Å². The van der Waals surface area contributed by atoms with Crippen molar-refractivity contribution in [3.63, 3.8) is 0 Å². The molecule has 18 heavy (non-hydrogen) atoms. The molecule has 3 heterocycles. The van der Waals surface area contributed by atoms with E-state index in [0.29, 0.717) is 0 Å². The molecule has 0 bridgehead atoms. The standard InChI is InChI=1S/C13H8BrN3S/c14-9-7-11-13(17-8-9)12(3-6-16-11)18-10-1-4-15-5-2-10/h1-8H. The van der Waals surface area contributed by atoms with E-state index >= 15 is 0 Å². The number of rotatable bonds is 2. The van der Waals surface area contributed by atoms with Crippen molar-refractivity contribution in [3.05, 3.63) is 53.5 Å². The van der Waals surface area contributed by atoms with E-state index in [1.807, 2.05) is 24.3 Å². The molecule has 0 saturated heterocycles. The van der Waals surface area contributed by atoms with Crippen molar-refractivity contribution < 1.29 is 0 Å². The largest absolute Gasteiger partial charge is 0.265 e. The first-order chi connectivity index (χ1) is 8.83. The van der Waals surface area contributed by atoms with Crippen LogP contribution in [0.25, 0.3) is 11.0 Å². The molecule has 0 aliphatic heterocycles. The van der Waals surface area contributed by atoms with Gasteiger partial charge in [-0.2, -0.15) is 0 Å². The molecule has 0 amide bonds. The fourth-order valence-corrected chi connectivity index (χ4v) is 2.81. The number of fused-ring (bicyclic) bond motifs is 1. The molecule has 0 spiro atoms. The Morgan fingerprint density at radius 1 is 1.00 bits per heavy atom. The van der Waals surface area contributed by atoms with Crippen molar-refractivity contribution in [1.29, 1.82) is 0 Å². The lowest BCUT2D eigenvalue weighted by molar-refractivity contribution is 1.24. The summed E-state index contributed by atoms with van der Waals surface area (Å²) in [7, 11) is 0.